The Morgan fingerprint density at radius 3 is 2.26 bits per heavy atom. The van der Waals surface area contributed by atoms with Crippen molar-refractivity contribution in [1.29, 1.82) is 0 Å². The number of ether oxygens (including phenoxy) is 3. The molecule has 0 radical (unpaired) electrons. The number of aromatic nitrogens is 4. The third kappa shape index (κ3) is 5.25. The van der Waals surface area contributed by atoms with Crippen LogP contribution in [0.25, 0.3) is 0 Å². The van der Waals surface area contributed by atoms with Gasteiger partial charge in [-0.2, -0.15) is 0 Å². The largest absolute Gasteiger partial charge is 0.493 e. The van der Waals surface area contributed by atoms with E-state index in [1.807, 2.05) is 12.1 Å². The van der Waals surface area contributed by atoms with Crippen molar-refractivity contribution in [2.45, 2.75) is 12.8 Å². The van der Waals surface area contributed by atoms with E-state index < -0.39 is 0 Å². The molecule has 1 saturated heterocycles. The first-order valence-corrected chi connectivity index (χ1v) is 10.8. The normalized spacial score (nSPS) is 13.8. The quantitative estimate of drug-likeness (QED) is 0.513. The van der Waals surface area contributed by atoms with E-state index in [4.69, 9.17) is 14.2 Å². The predicted octanol–water partition coefficient (Wildman–Crippen LogP) is 2.89. The van der Waals surface area contributed by atoms with Crippen molar-refractivity contribution < 1.29 is 19.0 Å². The molecule has 34 heavy (non-hydrogen) atoms. The van der Waals surface area contributed by atoms with E-state index in [1.165, 1.54) is 0 Å². The maximum Gasteiger partial charge on any atom is 0.227 e. The molecule has 0 spiro atoms. The molecule has 1 aliphatic heterocycles. The molecule has 1 amide bonds. The average Bonchev–Trinajstić information content (AvgIpc) is 2.89. The number of nitrogens with one attached hydrogen (secondary N) is 2. The van der Waals surface area contributed by atoms with Gasteiger partial charge in [0.2, 0.25) is 11.7 Å². The van der Waals surface area contributed by atoms with E-state index in [1.54, 1.807) is 52.1 Å². The first-order valence-electron chi connectivity index (χ1n) is 10.8. The molecular weight excluding hydrogens is 438 g/mol. The molecule has 11 nitrogen and oxygen atoms in total. The second kappa shape index (κ2) is 10.6. The zero-order valence-corrected chi connectivity index (χ0v) is 19.3. The molecule has 0 aliphatic carbocycles. The molecule has 178 valence electrons. The number of carbonyl (C=O) groups is 1. The molecule has 0 unspecified atom stereocenters. The van der Waals surface area contributed by atoms with Crippen molar-refractivity contribution in [1.82, 2.24) is 20.2 Å². The lowest BCUT2D eigenvalue weighted by Crippen LogP contribution is -2.38. The maximum absolute atomic E-state index is 12.9. The number of piperidine rings is 1. The van der Waals surface area contributed by atoms with Crippen molar-refractivity contribution in [3.8, 4) is 17.2 Å². The highest BCUT2D eigenvalue weighted by atomic mass is 16.5. The molecular formula is C23H27N7O4. The van der Waals surface area contributed by atoms with Crippen LogP contribution in [0.5, 0.6) is 17.2 Å². The Hall–Kier alpha value is -4.15. The number of methoxy groups -OCH3 is 3. The van der Waals surface area contributed by atoms with Crippen LogP contribution >= 0.6 is 0 Å². The molecule has 11 heteroatoms. The van der Waals surface area contributed by atoms with Crippen molar-refractivity contribution in [3.05, 3.63) is 42.9 Å². The van der Waals surface area contributed by atoms with E-state index in [0.29, 0.717) is 60.5 Å². The van der Waals surface area contributed by atoms with Gasteiger partial charge in [-0.05, 0) is 25.0 Å². The van der Waals surface area contributed by atoms with E-state index in [2.05, 4.69) is 35.7 Å². The lowest BCUT2D eigenvalue weighted by Gasteiger charge is -2.31. The molecule has 1 fully saturated rings. The van der Waals surface area contributed by atoms with Crippen LogP contribution in [-0.4, -0.2) is 60.5 Å². The Balaban J connectivity index is 1.33. The van der Waals surface area contributed by atoms with Gasteiger partial charge in [0, 0.05) is 49.2 Å². The fourth-order valence-electron chi connectivity index (χ4n) is 3.82. The van der Waals surface area contributed by atoms with Crippen LogP contribution in [0.15, 0.2) is 42.9 Å². The molecule has 4 rings (SSSR count). The predicted molar refractivity (Wildman–Crippen MR) is 127 cm³/mol. The van der Waals surface area contributed by atoms with Crippen LogP contribution < -0.4 is 29.7 Å². The summed E-state index contributed by atoms with van der Waals surface area (Å²) in [6, 6.07) is 7.20. The summed E-state index contributed by atoms with van der Waals surface area (Å²) >= 11 is 0. The molecule has 3 heterocycles. The Kier molecular flexibility index (Phi) is 7.21. The topological polar surface area (TPSA) is 124 Å². The SMILES string of the molecule is COc1cc(NC(=O)C2CCN(c3ccc(Nc4cnccn4)nn3)CC2)cc(OC)c1OC. The van der Waals surface area contributed by atoms with Gasteiger partial charge in [0.1, 0.15) is 5.82 Å². The van der Waals surface area contributed by atoms with E-state index in [-0.39, 0.29) is 11.8 Å². The summed E-state index contributed by atoms with van der Waals surface area (Å²) in [4.78, 5) is 23.2. The minimum absolute atomic E-state index is 0.0384. The summed E-state index contributed by atoms with van der Waals surface area (Å²) in [5.41, 5.74) is 0.596. The number of hydrogen-bond donors (Lipinski definition) is 2. The summed E-state index contributed by atoms with van der Waals surface area (Å²) < 4.78 is 16.1. The fourth-order valence-corrected chi connectivity index (χ4v) is 3.82. The standard InChI is InChI=1S/C23H27N7O4/c1-32-17-12-16(13-18(33-2)22(17)34-3)26-23(31)15-6-10-30(11-7-15)21-5-4-19(28-29-21)27-20-14-24-8-9-25-20/h4-5,8-9,12-15H,6-7,10-11H2,1-3H3,(H,26,31)(H,25,27,28). The van der Waals surface area contributed by atoms with E-state index >= 15 is 0 Å². The summed E-state index contributed by atoms with van der Waals surface area (Å²) in [5.74, 6) is 3.27. The monoisotopic (exact) mass is 465 g/mol. The highest BCUT2D eigenvalue weighted by Gasteiger charge is 2.26. The van der Waals surface area contributed by atoms with Gasteiger partial charge < -0.3 is 29.7 Å². The molecule has 3 aromatic rings. The van der Waals surface area contributed by atoms with Gasteiger partial charge in [0.15, 0.2) is 23.1 Å². The molecule has 0 saturated carbocycles. The molecule has 0 atom stereocenters. The van der Waals surface area contributed by atoms with Crippen molar-refractivity contribution in [2.75, 3.05) is 50.0 Å². The van der Waals surface area contributed by atoms with Gasteiger partial charge >= 0.3 is 0 Å². The number of carbonyl (C=O) groups excluding carboxylic acids is 1. The molecule has 0 bridgehead atoms. The minimum Gasteiger partial charge on any atom is -0.493 e. The van der Waals surface area contributed by atoms with Crippen LogP contribution in [0.1, 0.15) is 12.8 Å². The second-order valence-corrected chi connectivity index (χ2v) is 7.66. The van der Waals surface area contributed by atoms with Crippen LogP contribution in [0.2, 0.25) is 0 Å². The molecule has 1 aliphatic rings. The lowest BCUT2D eigenvalue weighted by molar-refractivity contribution is -0.120. The first kappa shape index (κ1) is 23.0. The summed E-state index contributed by atoms with van der Waals surface area (Å²) in [6.45, 7) is 1.41. The minimum atomic E-state index is -0.110. The van der Waals surface area contributed by atoms with Gasteiger partial charge in [-0.25, -0.2) is 4.98 Å². The summed E-state index contributed by atoms with van der Waals surface area (Å²) in [6.07, 6.45) is 6.24. The number of anilines is 4. The van der Waals surface area contributed by atoms with Gasteiger partial charge in [-0.15, -0.1) is 10.2 Å². The van der Waals surface area contributed by atoms with Crippen molar-refractivity contribution in [3.63, 3.8) is 0 Å². The summed E-state index contributed by atoms with van der Waals surface area (Å²) in [5, 5.41) is 14.6. The average molecular weight is 466 g/mol. The van der Waals surface area contributed by atoms with E-state index in [9.17, 15) is 4.79 Å². The fraction of sp³-hybridized carbons (Fsp3) is 0.348. The number of rotatable bonds is 8. The smallest absolute Gasteiger partial charge is 0.227 e. The molecule has 2 aromatic heterocycles. The molecule has 2 N–H and O–H groups in total. The van der Waals surface area contributed by atoms with Gasteiger partial charge in [-0.3, -0.25) is 9.78 Å². The number of amides is 1. The van der Waals surface area contributed by atoms with E-state index in [0.717, 1.165) is 5.82 Å². The third-order valence-corrected chi connectivity index (χ3v) is 5.59. The third-order valence-electron chi connectivity index (χ3n) is 5.59. The number of benzene rings is 1. The zero-order valence-electron chi connectivity index (χ0n) is 19.3. The maximum atomic E-state index is 12.9. The van der Waals surface area contributed by atoms with Gasteiger partial charge in [0.05, 0.1) is 27.5 Å². The highest BCUT2D eigenvalue weighted by Crippen LogP contribution is 2.40. The van der Waals surface area contributed by atoms with Crippen molar-refractivity contribution in [2.24, 2.45) is 5.92 Å². The van der Waals surface area contributed by atoms with Gasteiger partial charge in [0.25, 0.3) is 0 Å². The lowest BCUT2D eigenvalue weighted by atomic mass is 9.95. The molecule has 1 aromatic carbocycles. The van der Waals surface area contributed by atoms with Crippen LogP contribution in [0.3, 0.4) is 0 Å². The van der Waals surface area contributed by atoms with Crippen molar-refractivity contribution >= 4 is 29.0 Å². The number of hydrogen-bond acceptors (Lipinski definition) is 10. The van der Waals surface area contributed by atoms with Crippen LogP contribution in [0, 0.1) is 5.92 Å². The zero-order chi connectivity index (χ0) is 23.9. The second-order valence-electron chi connectivity index (χ2n) is 7.66. The first-order chi connectivity index (χ1) is 16.6. The highest BCUT2D eigenvalue weighted by molar-refractivity contribution is 5.93. The van der Waals surface area contributed by atoms with Crippen LogP contribution in [-0.2, 0) is 4.79 Å². The van der Waals surface area contributed by atoms with Crippen LogP contribution in [0.4, 0.5) is 23.1 Å². The Morgan fingerprint density at radius 1 is 0.971 bits per heavy atom. The Bertz CT molecular complexity index is 1080. The Labute approximate surface area is 197 Å². The Morgan fingerprint density at radius 2 is 1.71 bits per heavy atom. The number of nitrogens with zero attached hydrogens (tertiary/aromatic N) is 5. The summed E-state index contributed by atoms with van der Waals surface area (Å²) in [7, 11) is 4.62. The van der Waals surface area contributed by atoms with Gasteiger partial charge in [-0.1, -0.05) is 0 Å².